The van der Waals surface area contributed by atoms with Crippen molar-refractivity contribution in [1.82, 2.24) is 24.7 Å². The minimum Gasteiger partial charge on any atom is -0.340 e. The number of anilines is 1. The van der Waals surface area contributed by atoms with E-state index in [0.717, 1.165) is 19.5 Å². The summed E-state index contributed by atoms with van der Waals surface area (Å²) in [4.78, 5) is 15.0. The summed E-state index contributed by atoms with van der Waals surface area (Å²) in [5.41, 5.74) is 0.267. The lowest BCUT2D eigenvalue weighted by molar-refractivity contribution is 0.290. The molecule has 3 heterocycles. The summed E-state index contributed by atoms with van der Waals surface area (Å²) in [6, 6.07) is 1.82. The maximum atomic E-state index is 6.03. The summed E-state index contributed by atoms with van der Waals surface area (Å²) in [6.07, 6.45) is 5.82. The Bertz CT molecular complexity index is 595. The van der Waals surface area contributed by atoms with E-state index in [0.29, 0.717) is 11.9 Å². The highest BCUT2D eigenvalue weighted by Crippen LogP contribution is 2.30. The van der Waals surface area contributed by atoms with Gasteiger partial charge in [0.1, 0.15) is 0 Å². The lowest BCUT2D eigenvalue weighted by atomic mass is 9.84. The monoisotopic (exact) mass is 292 g/mol. The molecule has 6 nitrogen and oxygen atoms in total. The highest BCUT2D eigenvalue weighted by molar-refractivity contribution is 6.28. The van der Waals surface area contributed by atoms with Crippen molar-refractivity contribution in [1.29, 1.82) is 0 Å². The zero-order valence-corrected chi connectivity index (χ0v) is 12.4. The first kappa shape index (κ1) is 13.3. The number of halogens is 1. The molecule has 0 aliphatic carbocycles. The van der Waals surface area contributed by atoms with Crippen molar-refractivity contribution >= 4 is 17.5 Å². The summed E-state index contributed by atoms with van der Waals surface area (Å²) < 4.78 is 1.59. The lowest BCUT2D eigenvalue weighted by Gasteiger charge is -2.38. The first-order chi connectivity index (χ1) is 9.53. The molecule has 20 heavy (non-hydrogen) atoms. The van der Waals surface area contributed by atoms with Crippen LogP contribution < -0.4 is 4.90 Å². The average Bonchev–Trinajstić information content (AvgIpc) is 2.90. The first-order valence-electron chi connectivity index (χ1n) is 6.70. The topological polar surface area (TPSA) is 59.7 Å². The Balaban J connectivity index is 1.94. The number of hydrogen-bond acceptors (Lipinski definition) is 5. The molecule has 0 bridgehead atoms. The molecule has 1 aliphatic heterocycles. The number of rotatable bonds is 2. The molecule has 0 amide bonds. The zero-order valence-electron chi connectivity index (χ0n) is 11.6. The highest BCUT2D eigenvalue weighted by Gasteiger charge is 2.28. The standard InChI is InChI=1S/C13H17ClN6/c1-13(2)5-3-7-19(9-13)11-16-10(14)17-12(18-11)20-8-4-6-15-20/h4,6,8H,3,5,7,9H2,1-2H3. The van der Waals surface area contributed by atoms with E-state index in [9.17, 15) is 0 Å². The Hall–Kier alpha value is -1.69. The quantitative estimate of drug-likeness (QED) is 0.850. The molecule has 7 heteroatoms. The minimum atomic E-state index is 0.198. The van der Waals surface area contributed by atoms with Crippen LogP contribution in [0.5, 0.6) is 0 Å². The maximum Gasteiger partial charge on any atom is 0.256 e. The van der Waals surface area contributed by atoms with Gasteiger partial charge in [0.25, 0.3) is 5.95 Å². The zero-order chi connectivity index (χ0) is 14.2. The maximum absolute atomic E-state index is 6.03. The van der Waals surface area contributed by atoms with Crippen molar-refractivity contribution in [2.24, 2.45) is 5.41 Å². The van der Waals surface area contributed by atoms with Gasteiger partial charge in [0, 0.05) is 25.5 Å². The molecular formula is C13H17ClN6. The molecule has 0 N–H and O–H groups in total. The van der Waals surface area contributed by atoms with E-state index in [1.807, 2.05) is 6.07 Å². The van der Waals surface area contributed by atoms with Crippen molar-refractivity contribution < 1.29 is 0 Å². The van der Waals surface area contributed by atoms with Crippen LogP contribution in [0.1, 0.15) is 26.7 Å². The molecule has 0 atom stereocenters. The molecule has 0 spiro atoms. The molecular weight excluding hydrogens is 276 g/mol. The van der Waals surface area contributed by atoms with Gasteiger partial charge in [0.05, 0.1) is 0 Å². The molecule has 1 fully saturated rings. The summed E-state index contributed by atoms with van der Waals surface area (Å²) in [5.74, 6) is 1.08. The molecule has 1 saturated heterocycles. The van der Waals surface area contributed by atoms with Gasteiger partial charge in [-0.25, -0.2) is 4.68 Å². The number of hydrogen-bond donors (Lipinski definition) is 0. The second-order valence-corrected chi connectivity index (χ2v) is 6.18. The molecule has 2 aromatic rings. The van der Waals surface area contributed by atoms with Gasteiger partial charge in [-0.1, -0.05) is 13.8 Å². The van der Waals surface area contributed by atoms with E-state index < -0.39 is 0 Å². The number of aromatic nitrogens is 5. The molecule has 0 unspecified atom stereocenters. The van der Waals surface area contributed by atoms with Gasteiger partial charge in [-0.05, 0) is 35.9 Å². The molecule has 0 saturated carbocycles. The van der Waals surface area contributed by atoms with Crippen molar-refractivity contribution in [3.8, 4) is 5.95 Å². The van der Waals surface area contributed by atoms with Crippen molar-refractivity contribution in [3.05, 3.63) is 23.7 Å². The molecule has 0 aromatic carbocycles. The average molecular weight is 293 g/mol. The fraction of sp³-hybridized carbons (Fsp3) is 0.538. The van der Waals surface area contributed by atoms with Gasteiger partial charge >= 0.3 is 0 Å². The Labute approximate surface area is 122 Å². The molecule has 1 aliphatic rings. The highest BCUT2D eigenvalue weighted by atomic mass is 35.5. The smallest absolute Gasteiger partial charge is 0.256 e. The Morgan fingerprint density at radius 2 is 2.00 bits per heavy atom. The summed E-state index contributed by atoms with van der Waals surface area (Å²) in [5, 5.41) is 4.33. The van der Waals surface area contributed by atoms with Gasteiger partial charge in [-0.15, -0.1) is 0 Å². The van der Waals surface area contributed by atoms with Crippen LogP contribution in [0.2, 0.25) is 5.28 Å². The third-order valence-corrected chi connectivity index (χ3v) is 3.65. The Morgan fingerprint density at radius 1 is 1.20 bits per heavy atom. The fourth-order valence-corrected chi connectivity index (χ4v) is 2.71. The van der Waals surface area contributed by atoms with Crippen LogP contribution in [-0.4, -0.2) is 37.8 Å². The predicted molar refractivity (Wildman–Crippen MR) is 77.2 cm³/mol. The fourth-order valence-electron chi connectivity index (χ4n) is 2.55. The van der Waals surface area contributed by atoms with Crippen LogP contribution in [0.4, 0.5) is 5.95 Å². The van der Waals surface area contributed by atoms with Gasteiger partial charge in [0.15, 0.2) is 0 Å². The SMILES string of the molecule is CC1(C)CCCN(c2nc(Cl)nc(-n3cccn3)n2)C1. The molecule has 2 aromatic heterocycles. The van der Waals surface area contributed by atoms with Crippen LogP contribution in [0, 0.1) is 5.41 Å². The second kappa shape index (κ2) is 5.01. The third kappa shape index (κ3) is 2.75. The predicted octanol–water partition coefficient (Wildman–Crippen LogP) is 2.34. The second-order valence-electron chi connectivity index (χ2n) is 5.84. The number of piperidine rings is 1. The minimum absolute atomic E-state index is 0.198. The van der Waals surface area contributed by atoms with Crippen LogP contribution in [0.3, 0.4) is 0 Å². The molecule has 0 radical (unpaired) electrons. The van der Waals surface area contributed by atoms with E-state index >= 15 is 0 Å². The summed E-state index contributed by atoms with van der Waals surface area (Å²) >= 11 is 6.03. The van der Waals surface area contributed by atoms with Crippen LogP contribution in [0.15, 0.2) is 18.5 Å². The number of nitrogens with zero attached hydrogens (tertiary/aromatic N) is 6. The third-order valence-electron chi connectivity index (χ3n) is 3.48. The van der Waals surface area contributed by atoms with E-state index in [2.05, 4.69) is 38.8 Å². The van der Waals surface area contributed by atoms with Crippen LogP contribution in [-0.2, 0) is 0 Å². The molecule has 106 valence electrons. The van der Waals surface area contributed by atoms with Crippen molar-refractivity contribution in [2.75, 3.05) is 18.0 Å². The van der Waals surface area contributed by atoms with E-state index in [-0.39, 0.29) is 10.7 Å². The van der Waals surface area contributed by atoms with Crippen LogP contribution in [0.25, 0.3) is 5.95 Å². The summed E-state index contributed by atoms with van der Waals surface area (Å²) in [6.45, 7) is 6.39. The van der Waals surface area contributed by atoms with Crippen molar-refractivity contribution in [3.63, 3.8) is 0 Å². The largest absolute Gasteiger partial charge is 0.340 e. The van der Waals surface area contributed by atoms with Gasteiger partial charge in [0.2, 0.25) is 11.2 Å². The van der Waals surface area contributed by atoms with Gasteiger partial charge in [-0.3, -0.25) is 0 Å². The van der Waals surface area contributed by atoms with Gasteiger partial charge in [-0.2, -0.15) is 20.1 Å². The lowest BCUT2D eigenvalue weighted by Crippen LogP contribution is -2.41. The van der Waals surface area contributed by atoms with Gasteiger partial charge < -0.3 is 4.90 Å². The molecule has 3 rings (SSSR count). The Morgan fingerprint density at radius 3 is 2.70 bits per heavy atom. The van der Waals surface area contributed by atoms with E-state index in [4.69, 9.17) is 11.6 Å². The first-order valence-corrected chi connectivity index (χ1v) is 7.08. The Kier molecular flexibility index (Phi) is 3.33. The van der Waals surface area contributed by atoms with E-state index in [1.54, 1.807) is 17.1 Å². The normalized spacial score (nSPS) is 18.2. The summed E-state index contributed by atoms with van der Waals surface area (Å²) in [7, 11) is 0. The van der Waals surface area contributed by atoms with E-state index in [1.165, 1.54) is 6.42 Å². The van der Waals surface area contributed by atoms with Crippen molar-refractivity contribution in [2.45, 2.75) is 26.7 Å². The van der Waals surface area contributed by atoms with Crippen LogP contribution >= 0.6 is 11.6 Å².